The molecule has 0 unspecified atom stereocenters. The molecule has 0 atom stereocenters. The minimum atomic E-state index is -4.45. The van der Waals surface area contributed by atoms with Crippen molar-refractivity contribution in [2.45, 2.75) is 19.6 Å². The Morgan fingerprint density at radius 1 is 0.917 bits per heavy atom. The third-order valence-electron chi connectivity index (χ3n) is 5.83. The van der Waals surface area contributed by atoms with Crippen molar-refractivity contribution in [2.24, 2.45) is 5.73 Å². The van der Waals surface area contributed by atoms with Crippen LogP contribution >= 0.6 is 0 Å². The molecule has 8 nitrogen and oxygen atoms in total. The standard InChI is InChI=1S/C25H19F3N6O2/c1-2-34-12-20-17-9-15(32-24(36)31-14-5-3-13(4-6-14)25(26,27)28)7-8-16(17)19-11-30-21(23(29)35)10-18(19)22(20)33-34/h3-12H,2H2,1H3,(H2,29,35)(H2,31,32,36). The van der Waals surface area contributed by atoms with E-state index in [9.17, 15) is 22.8 Å². The summed E-state index contributed by atoms with van der Waals surface area (Å²) in [5.41, 5.74) is 6.10. The fourth-order valence-corrected chi connectivity index (χ4v) is 4.10. The van der Waals surface area contributed by atoms with Crippen molar-refractivity contribution in [1.82, 2.24) is 14.8 Å². The van der Waals surface area contributed by atoms with Crippen LogP contribution in [0.3, 0.4) is 0 Å². The zero-order valence-electron chi connectivity index (χ0n) is 18.8. The van der Waals surface area contributed by atoms with Crippen LogP contribution in [0.25, 0.3) is 32.4 Å². The molecule has 4 N–H and O–H groups in total. The van der Waals surface area contributed by atoms with E-state index in [-0.39, 0.29) is 11.4 Å². The average Bonchev–Trinajstić information content (AvgIpc) is 3.28. The molecule has 5 aromatic rings. The molecular weight excluding hydrogens is 473 g/mol. The number of benzene rings is 3. The van der Waals surface area contributed by atoms with Crippen LogP contribution in [0.5, 0.6) is 0 Å². The van der Waals surface area contributed by atoms with Gasteiger partial charge in [-0.3, -0.25) is 14.5 Å². The van der Waals surface area contributed by atoms with Gasteiger partial charge in [-0.1, -0.05) is 6.07 Å². The summed E-state index contributed by atoms with van der Waals surface area (Å²) in [6.07, 6.45) is -0.996. The molecule has 11 heteroatoms. The minimum absolute atomic E-state index is 0.132. The van der Waals surface area contributed by atoms with E-state index >= 15 is 0 Å². The molecule has 0 aliphatic heterocycles. The molecule has 0 radical (unpaired) electrons. The molecule has 2 heterocycles. The monoisotopic (exact) mass is 492 g/mol. The summed E-state index contributed by atoms with van der Waals surface area (Å²) in [5, 5.41) is 13.8. The largest absolute Gasteiger partial charge is 0.416 e. The first kappa shape index (κ1) is 23.1. The van der Waals surface area contributed by atoms with Crippen molar-refractivity contribution in [3.05, 3.63) is 72.2 Å². The van der Waals surface area contributed by atoms with E-state index in [2.05, 4.69) is 20.7 Å². The molecular formula is C25H19F3N6O2. The molecule has 0 saturated carbocycles. The molecule has 3 amide bonds. The number of primary amides is 1. The highest BCUT2D eigenvalue weighted by Gasteiger charge is 2.30. The first-order valence-corrected chi connectivity index (χ1v) is 10.9. The van der Waals surface area contributed by atoms with Gasteiger partial charge in [-0.05, 0) is 60.2 Å². The second-order valence-electron chi connectivity index (χ2n) is 8.14. The second-order valence-corrected chi connectivity index (χ2v) is 8.14. The zero-order chi connectivity index (χ0) is 25.6. The number of aryl methyl sites for hydroxylation is 1. The van der Waals surface area contributed by atoms with Crippen molar-refractivity contribution in [2.75, 3.05) is 10.6 Å². The maximum Gasteiger partial charge on any atom is 0.416 e. The molecule has 0 spiro atoms. The third kappa shape index (κ3) is 4.15. The van der Waals surface area contributed by atoms with E-state index in [1.165, 1.54) is 12.1 Å². The lowest BCUT2D eigenvalue weighted by Crippen LogP contribution is -2.19. The number of urea groups is 1. The summed E-state index contributed by atoms with van der Waals surface area (Å²) in [5.74, 6) is -0.640. The van der Waals surface area contributed by atoms with Gasteiger partial charge in [-0.2, -0.15) is 18.3 Å². The summed E-state index contributed by atoms with van der Waals surface area (Å²) in [7, 11) is 0. The molecule has 5 rings (SSSR count). The molecule has 0 aliphatic carbocycles. The number of nitrogens with two attached hydrogens (primary N) is 1. The maximum absolute atomic E-state index is 12.8. The van der Waals surface area contributed by atoms with E-state index in [1.54, 1.807) is 29.1 Å². The number of halogens is 3. The predicted molar refractivity (Wildman–Crippen MR) is 131 cm³/mol. The van der Waals surface area contributed by atoms with Gasteiger partial charge in [0.25, 0.3) is 5.91 Å². The number of aromatic nitrogens is 3. The van der Waals surface area contributed by atoms with Gasteiger partial charge in [0.2, 0.25) is 0 Å². The first-order valence-electron chi connectivity index (χ1n) is 10.9. The number of hydrogen-bond donors (Lipinski definition) is 3. The van der Waals surface area contributed by atoms with Crippen LogP contribution in [0.1, 0.15) is 23.0 Å². The number of alkyl halides is 3. The number of fused-ring (bicyclic) bond motifs is 6. The van der Waals surface area contributed by atoms with Gasteiger partial charge in [0.15, 0.2) is 0 Å². The number of hydrogen-bond acceptors (Lipinski definition) is 4. The van der Waals surface area contributed by atoms with Gasteiger partial charge < -0.3 is 16.4 Å². The van der Waals surface area contributed by atoms with E-state index in [0.29, 0.717) is 17.7 Å². The van der Waals surface area contributed by atoms with Gasteiger partial charge in [0.05, 0.1) is 5.56 Å². The van der Waals surface area contributed by atoms with E-state index in [0.717, 1.165) is 39.1 Å². The maximum atomic E-state index is 12.8. The molecule has 2 aromatic heterocycles. The lowest BCUT2D eigenvalue weighted by atomic mass is 9.98. The minimum Gasteiger partial charge on any atom is -0.364 e. The summed E-state index contributed by atoms with van der Waals surface area (Å²) < 4.78 is 40.0. The molecule has 0 saturated heterocycles. The Balaban J connectivity index is 1.51. The number of pyridine rings is 1. The van der Waals surface area contributed by atoms with Crippen LogP contribution in [0.4, 0.5) is 29.3 Å². The number of rotatable bonds is 4. The number of carbonyl (C=O) groups excluding carboxylic acids is 2. The zero-order valence-corrected chi connectivity index (χ0v) is 18.8. The number of amides is 3. The number of nitrogens with zero attached hydrogens (tertiary/aromatic N) is 3. The number of anilines is 2. The molecule has 36 heavy (non-hydrogen) atoms. The molecule has 0 aliphatic rings. The predicted octanol–water partition coefficient (Wildman–Crippen LogP) is 5.52. The Kier molecular flexibility index (Phi) is 5.47. The van der Waals surface area contributed by atoms with Crippen LogP contribution in [-0.4, -0.2) is 26.7 Å². The fourth-order valence-electron chi connectivity index (χ4n) is 4.10. The van der Waals surface area contributed by atoms with Crippen molar-refractivity contribution in [3.8, 4) is 0 Å². The van der Waals surface area contributed by atoms with Crippen LogP contribution in [0, 0.1) is 0 Å². The normalized spacial score (nSPS) is 11.8. The smallest absolute Gasteiger partial charge is 0.364 e. The lowest BCUT2D eigenvalue weighted by molar-refractivity contribution is -0.137. The van der Waals surface area contributed by atoms with E-state index in [4.69, 9.17) is 5.73 Å². The van der Waals surface area contributed by atoms with Gasteiger partial charge >= 0.3 is 12.2 Å². The topological polar surface area (TPSA) is 115 Å². The average molecular weight is 492 g/mol. The highest BCUT2D eigenvalue weighted by atomic mass is 19.4. The highest BCUT2D eigenvalue weighted by Crippen LogP contribution is 2.36. The van der Waals surface area contributed by atoms with Crippen LogP contribution < -0.4 is 16.4 Å². The Hall–Kier alpha value is -4.67. The van der Waals surface area contributed by atoms with Gasteiger partial charge in [0.1, 0.15) is 11.2 Å². The Morgan fingerprint density at radius 3 is 2.28 bits per heavy atom. The molecule has 182 valence electrons. The Morgan fingerprint density at radius 2 is 1.61 bits per heavy atom. The van der Waals surface area contributed by atoms with Crippen LogP contribution in [0.2, 0.25) is 0 Å². The number of carbonyl (C=O) groups is 2. The van der Waals surface area contributed by atoms with Crippen molar-refractivity contribution >= 4 is 55.8 Å². The van der Waals surface area contributed by atoms with Gasteiger partial charge in [-0.15, -0.1) is 0 Å². The van der Waals surface area contributed by atoms with Gasteiger partial charge in [0, 0.05) is 46.5 Å². The fraction of sp³-hybridized carbons (Fsp3) is 0.120. The van der Waals surface area contributed by atoms with Gasteiger partial charge in [-0.25, -0.2) is 4.79 Å². The second kappa shape index (κ2) is 8.52. The van der Waals surface area contributed by atoms with Crippen LogP contribution in [0.15, 0.2) is 60.9 Å². The summed E-state index contributed by atoms with van der Waals surface area (Å²) in [4.78, 5) is 28.4. The molecule has 0 bridgehead atoms. The van der Waals surface area contributed by atoms with E-state index < -0.39 is 23.7 Å². The van der Waals surface area contributed by atoms with Crippen molar-refractivity contribution in [3.63, 3.8) is 0 Å². The first-order chi connectivity index (χ1) is 17.1. The Bertz CT molecular complexity index is 1660. The third-order valence-corrected chi connectivity index (χ3v) is 5.83. The van der Waals surface area contributed by atoms with Crippen molar-refractivity contribution in [1.29, 1.82) is 0 Å². The Labute approximate surface area is 201 Å². The summed E-state index contributed by atoms with van der Waals surface area (Å²) >= 11 is 0. The van der Waals surface area contributed by atoms with E-state index in [1.807, 2.05) is 19.2 Å². The van der Waals surface area contributed by atoms with Crippen molar-refractivity contribution < 1.29 is 22.8 Å². The lowest BCUT2D eigenvalue weighted by Gasteiger charge is -2.11. The molecule has 0 fully saturated rings. The number of nitrogens with one attached hydrogen (secondary N) is 2. The SMILES string of the molecule is CCn1cc2c3cc(NC(=O)Nc4ccc(C(F)(F)F)cc4)ccc3c3cnc(C(N)=O)cc3c2n1. The molecule has 3 aromatic carbocycles. The highest BCUT2D eigenvalue weighted by molar-refractivity contribution is 6.25. The quantitative estimate of drug-likeness (QED) is 0.287. The summed E-state index contributed by atoms with van der Waals surface area (Å²) in [6.45, 7) is 2.57. The van der Waals surface area contributed by atoms with Crippen LogP contribution in [-0.2, 0) is 12.7 Å². The summed E-state index contributed by atoms with van der Waals surface area (Å²) in [6, 6.07) is 10.5.